The zero-order valence-corrected chi connectivity index (χ0v) is 12.8. The number of rotatable bonds is 4. The number of aliphatic hydroxyl groups is 1. The Morgan fingerprint density at radius 2 is 2.10 bits per heavy atom. The van der Waals surface area contributed by atoms with E-state index < -0.39 is 5.60 Å². The molecule has 114 valence electrons. The van der Waals surface area contributed by atoms with Gasteiger partial charge < -0.3 is 15.3 Å². The SMILES string of the molecule is CCN(CC(C)(C)O)C(=O)c1ccc2c(c1)CCC(=O)N2. The van der Waals surface area contributed by atoms with Crippen molar-refractivity contribution in [3.63, 3.8) is 0 Å². The summed E-state index contributed by atoms with van der Waals surface area (Å²) >= 11 is 0. The highest BCUT2D eigenvalue weighted by molar-refractivity contribution is 5.98. The lowest BCUT2D eigenvalue weighted by atomic mass is 9.99. The summed E-state index contributed by atoms with van der Waals surface area (Å²) in [7, 11) is 0. The molecule has 1 aromatic rings. The molecule has 1 heterocycles. The highest BCUT2D eigenvalue weighted by atomic mass is 16.3. The van der Waals surface area contributed by atoms with Crippen molar-refractivity contribution in [3.05, 3.63) is 29.3 Å². The summed E-state index contributed by atoms with van der Waals surface area (Å²) in [5.41, 5.74) is 1.44. The van der Waals surface area contributed by atoms with E-state index in [2.05, 4.69) is 5.32 Å². The van der Waals surface area contributed by atoms with Gasteiger partial charge in [-0.25, -0.2) is 0 Å². The molecule has 0 atom stereocenters. The highest BCUT2D eigenvalue weighted by Gasteiger charge is 2.23. The van der Waals surface area contributed by atoms with Crippen LogP contribution in [0, 0.1) is 0 Å². The topological polar surface area (TPSA) is 69.6 Å². The second-order valence-electron chi connectivity index (χ2n) is 6.05. The quantitative estimate of drug-likeness (QED) is 0.888. The fraction of sp³-hybridized carbons (Fsp3) is 0.500. The van der Waals surface area contributed by atoms with Gasteiger partial charge in [-0.3, -0.25) is 9.59 Å². The first-order chi connectivity index (χ1) is 9.80. The number of likely N-dealkylation sites (N-methyl/N-ethyl adjacent to an activating group) is 1. The van der Waals surface area contributed by atoms with E-state index in [4.69, 9.17) is 0 Å². The summed E-state index contributed by atoms with van der Waals surface area (Å²) in [6, 6.07) is 5.33. The molecule has 1 aromatic carbocycles. The number of fused-ring (bicyclic) bond motifs is 1. The Kier molecular flexibility index (Phi) is 4.32. The number of aryl methyl sites for hydroxylation is 1. The lowest BCUT2D eigenvalue weighted by Gasteiger charge is -2.28. The molecule has 21 heavy (non-hydrogen) atoms. The van der Waals surface area contributed by atoms with Crippen molar-refractivity contribution in [2.24, 2.45) is 0 Å². The average Bonchev–Trinajstić information content (AvgIpc) is 2.42. The van der Waals surface area contributed by atoms with Crippen LogP contribution in [0.3, 0.4) is 0 Å². The molecule has 1 aliphatic rings. The molecule has 0 aliphatic carbocycles. The van der Waals surface area contributed by atoms with Crippen LogP contribution in [-0.4, -0.2) is 40.5 Å². The summed E-state index contributed by atoms with van der Waals surface area (Å²) in [5.74, 6) is -0.0851. The number of nitrogens with one attached hydrogen (secondary N) is 1. The van der Waals surface area contributed by atoms with Crippen LogP contribution in [0.1, 0.15) is 43.1 Å². The fourth-order valence-corrected chi connectivity index (χ4v) is 2.49. The van der Waals surface area contributed by atoms with Crippen LogP contribution in [0.15, 0.2) is 18.2 Å². The molecule has 0 saturated heterocycles. The van der Waals surface area contributed by atoms with E-state index in [0.29, 0.717) is 24.9 Å². The number of amides is 2. The van der Waals surface area contributed by atoms with E-state index in [1.165, 1.54) is 0 Å². The van der Waals surface area contributed by atoms with Gasteiger partial charge in [-0.05, 0) is 51.0 Å². The number of hydrogen-bond donors (Lipinski definition) is 2. The largest absolute Gasteiger partial charge is 0.389 e. The predicted molar refractivity (Wildman–Crippen MR) is 81.3 cm³/mol. The number of nitrogens with zero attached hydrogens (tertiary/aromatic N) is 1. The molecule has 0 saturated carbocycles. The van der Waals surface area contributed by atoms with Crippen LogP contribution in [0.5, 0.6) is 0 Å². The van der Waals surface area contributed by atoms with E-state index in [0.717, 1.165) is 11.3 Å². The summed E-state index contributed by atoms with van der Waals surface area (Å²) < 4.78 is 0. The fourth-order valence-electron chi connectivity index (χ4n) is 2.49. The van der Waals surface area contributed by atoms with Gasteiger partial charge in [-0.2, -0.15) is 0 Å². The van der Waals surface area contributed by atoms with Crippen molar-refractivity contribution in [3.8, 4) is 0 Å². The van der Waals surface area contributed by atoms with Gasteiger partial charge in [0, 0.05) is 30.8 Å². The van der Waals surface area contributed by atoms with Gasteiger partial charge in [0.15, 0.2) is 0 Å². The van der Waals surface area contributed by atoms with Gasteiger partial charge in [0.1, 0.15) is 0 Å². The van der Waals surface area contributed by atoms with Crippen LogP contribution in [-0.2, 0) is 11.2 Å². The molecule has 0 unspecified atom stereocenters. The summed E-state index contributed by atoms with van der Waals surface area (Å²) in [6.07, 6.45) is 1.10. The molecule has 0 aromatic heterocycles. The van der Waals surface area contributed by atoms with Crippen molar-refractivity contribution in [2.75, 3.05) is 18.4 Å². The minimum atomic E-state index is -0.923. The van der Waals surface area contributed by atoms with Crippen LogP contribution in [0.4, 0.5) is 5.69 Å². The molecule has 5 nitrogen and oxygen atoms in total. The molecule has 0 radical (unpaired) electrons. The Labute approximate surface area is 125 Å². The first-order valence-electron chi connectivity index (χ1n) is 7.24. The zero-order chi connectivity index (χ0) is 15.6. The number of carbonyl (C=O) groups excluding carboxylic acids is 2. The van der Waals surface area contributed by atoms with Crippen LogP contribution >= 0.6 is 0 Å². The van der Waals surface area contributed by atoms with Gasteiger partial charge >= 0.3 is 0 Å². The van der Waals surface area contributed by atoms with Gasteiger partial charge in [0.2, 0.25) is 5.91 Å². The standard InChI is InChI=1S/C16H22N2O3/c1-4-18(10-16(2,3)21)15(20)12-5-7-13-11(9-12)6-8-14(19)17-13/h5,7,9,21H,4,6,8,10H2,1-3H3,(H,17,19). The van der Waals surface area contributed by atoms with Gasteiger partial charge in [-0.1, -0.05) is 0 Å². The lowest BCUT2D eigenvalue weighted by Crippen LogP contribution is -2.42. The second-order valence-corrected chi connectivity index (χ2v) is 6.05. The average molecular weight is 290 g/mol. The molecule has 0 spiro atoms. The van der Waals surface area contributed by atoms with Crippen molar-refractivity contribution in [2.45, 2.75) is 39.2 Å². The minimum Gasteiger partial charge on any atom is -0.389 e. The first kappa shape index (κ1) is 15.5. The second kappa shape index (κ2) is 5.85. The van der Waals surface area contributed by atoms with Crippen molar-refractivity contribution in [1.29, 1.82) is 0 Å². The molecular formula is C16H22N2O3. The molecule has 1 aliphatic heterocycles. The maximum absolute atomic E-state index is 12.5. The predicted octanol–water partition coefficient (Wildman–Crippen LogP) is 1.80. The van der Waals surface area contributed by atoms with E-state index in [-0.39, 0.29) is 18.4 Å². The zero-order valence-electron chi connectivity index (χ0n) is 12.8. The minimum absolute atomic E-state index is 0.0128. The Morgan fingerprint density at radius 1 is 1.38 bits per heavy atom. The molecule has 2 N–H and O–H groups in total. The van der Waals surface area contributed by atoms with Gasteiger partial charge in [-0.15, -0.1) is 0 Å². The maximum atomic E-state index is 12.5. The Balaban J connectivity index is 2.21. The van der Waals surface area contributed by atoms with Gasteiger partial charge in [0.25, 0.3) is 5.91 Å². The van der Waals surface area contributed by atoms with E-state index in [1.54, 1.807) is 30.9 Å². The molecule has 0 fully saturated rings. The maximum Gasteiger partial charge on any atom is 0.253 e. The van der Waals surface area contributed by atoms with Gasteiger partial charge in [0.05, 0.1) is 5.60 Å². The van der Waals surface area contributed by atoms with Crippen LogP contribution in [0.2, 0.25) is 0 Å². The van der Waals surface area contributed by atoms with Crippen molar-refractivity contribution in [1.82, 2.24) is 4.90 Å². The normalized spacial score (nSPS) is 14.4. The third-order valence-corrected chi connectivity index (χ3v) is 3.49. The lowest BCUT2D eigenvalue weighted by molar-refractivity contribution is -0.116. The third-order valence-electron chi connectivity index (χ3n) is 3.49. The van der Waals surface area contributed by atoms with E-state index >= 15 is 0 Å². The Hall–Kier alpha value is -1.88. The first-order valence-corrected chi connectivity index (χ1v) is 7.24. The smallest absolute Gasteiger partial charge is 0.253 e. The highest BCUT2D eigenvalue weighted by Crippen LogP contribution is 2.24. The summed E-state index contributed by atoms with van der Waals surface area (Å²) in [4.78, 5) is 25.5. The molecular weight excluding hydrogens is 268 g/mol. The summed E-state index contributed by atoms with van der Waals surface area (Å²) in [6.45, 7) is 6.09. The Morgan fingerprint density at radius 3 is 2.71 bits per heavy atom. The van der Waals surface area contributed by atoms with E-state index in [1.807, 2.05) is 13.0 Å². The van der Waals surface area contributed by atoms with Crippen LogP contribution < -0.4 is 5.32 Å². The third kappa shape index (κ3) is 3.82. The summed E-state index contributed by atoms with van der Waals surface area (Å²) in [5, 5.41) is 12.7. The molecule has 5 heteroatoms. The van der Waals surface area contributed by atoms with Crippen molar-refractivity contribution < 1.29 is 14.7 Å². The Bertz CT molecular complexity index is 561. The van der Waals surface area contributed by atoms with Crippen LogP contribution in [0.25, 0.3) is 0 Å². The number of anilines is 1. The number of hydrogen-bond acceptors (Lipinski definition) is 3. The molecule has 0 bridgehead atoms. The molecule has 2 rings (SSSR count). The van der Waals surface area contributed by atoms with Crippen molar-refractivity contribution >= 4 is 17.5 Å². The van der Waals surface area contributed by atoms with E-state index in [9.17, 15) is 14.7 Å². The number of benzene rings is 1. The monoisotopic (exact) mass is 290 g/mol. The number of carbonyl (C=O) groups is 2. The molecule has 2 amide bonds.